The fourth-order valence-corrected chi connectivity index (χ4v) is 4.26. The highest BCUT2D eigenvalue weighted by atomic mass is 127. The maximum Gasteiger partial charge on any atom is 0.101 e. The van der Waals surface area contributed by atoms with Crippen molar-refractivity contribution in [2.75, 3.05) is 5.73 Å². The molecule has 3 heterocycles. The van der Waals surface area contributed by atoms with Crippen LogP contribution >= 0.6 is 20.7 Å². The topological polar surface area (TPSA) is 73.4 Å². The number of aromatic nitrogens is 3. The minimum absolute atomic E-state index is 0.164. The third-order valence-corrected chi connectivity index (χ3v) is 5.61. The molecule has 0 aliphatic rings. The lowest BCUT2D eigenvalue weighted by atomic mass is 10.1. The summed E-state index contributed by atoms with van der Waals surface area (Å²) in [6.07, 6.45) is 0. The van der Waals surface area contributed by atoms with Gasteiger partial charge in [0.1, 0.15) is 5.82 Å². The Kier molecular flexibility index (Phi) is 2.31. The van der Waals surface area contributed by atoms with Gasteiger partial charge in [-0.05, 0) is 36.4 Å². The molecule has 2 aromatic carbocycles. The predicted molar refractivity (Wildman–Crippen MR) is 104 cm³/mol. The maximum atomic E-state index is 5.85. The SMILES string of the molecule is C=Ic1cc2cc3c(cc2[nH]1)[nH]c1cc2[nH]c(N)cc2cc13. The van der Waals surface area contributed by atoms with Crippen molar-refractivity contribution < 1.29 is 0 Å². The van der Waals surface area contributed by atoms with Crippen LogP contribution in [-0.2, 0) is 0 Å². The van der Waals surface area contributed by atoms with Gasteiger partial charge in [0.15, 0.2) is 0 Å². The van der Waals surface area contributed by atoms with Gasteiger partial charge in [-0.2, -0.15) is 0 Å². The molecule has 0 saturated heterocycles. The predicted octanol–water partition coefficient (Wildman–Crippen LogP) is 4.44. The van der Waals surface area contributed by atoms with E-state index in [1.807, 2.05) is 6.07 Å². The first-order chi connectivity index (χ1) is 10.7. The van der Waals surface area contributed by atoms with E-state index in [2.05, 4.69) is 49.8 Å². The van der Waals surface area contributed by atoms with Crippen LogP contribution in [0.1, 0.15) is 0 Å². The zero-order valence-corrected chi connectivity index (χ0v) is 13.8. The highest BCUT2D eigenvalue weighted by molar-refractivity contribution is 14.2. The molecule has 0 bridgehead atoms. The third-order valence-electron chi connectivity index (χ3n) is 4.21. The summed E-state index contributed by atoms with van der Waals surface area (Å²) in [5.74, 6) is 0.698. The molecule has 22 heavy (non-hydrogen) atoms. The van der Waals surface area contributed by atoms with Gasteiger partial charge in [-0.3, -0.25) is 0 Å². The van der Waals surface area contributed by atoms with E-state index in [1.165, 1.54) is 25.4 Å². The van der Waals surface area contributed by atoms with Gasteiger partial charge in [0, 0.05) is 43.6 Å². The summed E-state index contributed by atoms with van der Waals surface area (Å²) < 4.78 is 5.32. The van der Waals surface area contributed by atoms with Crippen molar-refractivity contribution >= 4 is 74.7 Å². The number of fused-ring (bicyclic) bond motifs is 5. The Balaban J connectivity index is 1.93. The van der Waals surface area contributed by atoms with E-state index in [9.17, 15) is 0 Å². The number of benzene rings is 2. The summed E-state index contributed by atoms with van der Waals surface area (Å²) in [6.45, 7) is 0. The first kappa shape index (κ1) is 12.3. The quantitative estimate of drug-likeness (QED) is 0.309. The molecule has 0 radical (unpaired) electrons. The lowest BCUT2D eigenvalue weighted by molar-refractivity contribution is 1.41. The monoisotopic (exact) mass is 400 g/mol. The summed E-state index contributed by atoms with van der Waals surface area (Å²) in [7, 11) is 0. The molecule has 4 nitrogen and oxygen atoms in total. The number of aromatic amines is 3. The van der Waals surface area contributed by atoms with Crippen LogP contribution in [0.2, 0.25) is 0 Å². The van der Waals surface area contributed by atoms with E-state index in [1.54, 1.807) is 0 Å². The van der Waals surface area contributed by atoms with Crippen molar-refractivity contribution in [3.8, 4) is 0 Å². The molecule has 0 spiro atoms. The van der Waals surface area contributed by atoms with Crippen LogP contribution in [0, 0.1) is 3.70 Å². The second-order valence-electron chi connectivity index (χ2n) is 5.57. The number of halogens is 1. The second-order valence-corrected chi connectivity index (χ2v) is 7.50. The van der Waals surface area contributed by atoms with Gasteiger partial charge in [-0.15, -0.1) is 0 Å². The second kappa shape index (κ2) is 4.13. The molecule has 108 valence electrons. The van der Waals surface area contributed by atoms with Crippen molar-refractivity contribution in [2.24, 2.45) is 0 Å². The molecule has 0 aliphatic carbocycles. The third kappa shape index (κ3) is 1.60. The molecule has 3 aromatic heterocycles. The highest BCUT2D eigenvalue weighted by Gasteiger charge is 2.09. The van der Waals surface area contributed by atoms with Crippen LogP contribution in [-0.4, -0.2) is 19.5 Å². The van der Waals surface area contributed by atoms with Crippen molar-refractivity contribution in [3.63, 3.8) is 0 Å². The maximum absolute atomic E-state index is 5.85. The van der Waals surface area contributed by atoms with Crippen LogP contribution in [0.15, 0.2) is 36.4 Å². The van der Waals surface area contributed by atoms with Gasteiger partial charge >= 0.3 is 0 Å². The minimum Gasteiger partial charge on any atom is -0.385 e. The van der Waals surface area contributed by atoms with Crippen molar-refractivity contribution in [2.45, 2.75) is 0 Å². The molecular formula is C17H13IN4. The van der Waals surface area contributed by atoms with E-state index in [-0.39, 0.29) is 20.7 Å². The first-order valence-corrected chi connectivity index (χ1v) is 9.56. The van der Waals surface area contributed by atoms with Gasteiger partial charge in [0.25, 0.3) is 0 Å². The average Bonchev–Trinajstić information content (AvgIpc) is 3.15. The largest absolute Gasteiger partial charge is 0.385 e. The number of nitrogens with one attached hydrogen (secondary N) is 3. The summed E-state index contributed by atoms with van der Waals surface area (Å²) in [5, 5.41) is 4.87. The van der Waals surface area contributed by atoms with Crippen LogP contribution in [0.25, 0.3) is 43.6 Å². The molecule has 5 heteroatoms. The fourth-order valence-electron chi connectivity index (χ4n) is 3.22. The summed E-state index contributed by atoms with van der Waals surface area (Å²) in [5.41, 5.74) is 10.4. The molecule has 0 aliphatic heterocycles. The Morgan fingerprint density at radius 1 is 0.727 bits per heavy atom. The molecule has 5 aromatic rings. The van der Waals surface area contributed by atoms with Gasteiger partial charge < -0.3 is 20.7 Å². The van der Waals surface area contributed by atoms with E-state index in [4.69, 9.17) is 5.73 Å². The fraction of sp³-hybridized carbons (Fsp3) is 0. The van der Waals surface area contributed by atoms with Crippen LogP contribution in [0.3, 0.4) is 0 Å². The summed E-state index contributed by atoms with van der Waals surface area (Å²) >= 11 is -0.164. The Labute approximate surface area is 135 Å². The zero-order valence-electron chi connectivity index (χ0n) is 11.6. The van der Waals surface area contributed by atoms with Gasteiger partial charge in [0.2, 0.25) is 0 Å². The van der Waals surface area contributed by atoms with E-state index in [0.29, 0.717) is 5.82 Å². The number of hydrogen-bond acceptors (Lipinski definition) is 1. The lowest BCUT2D eigenvalue weighted by Crippen LogP contribution is -1.80. The molecule has 0 unspecified atom stereocenters. The minimum atomic E-state index is -0.164. The molecule has 0 amide bonds. The van der Waals surface area contributed by atoms with Gasteiger partial charge in [-0.1, -0.05) is 25.2 Å². The summed E-state index contributed by atoms with van der Waals surface area (Å²) in [6, 6.07) is 13.0. The Morgan fingerprint density at radius 3 is 2.05 bits per heavy atom. The molecule has 0 saturated carbocycles. The van der Waals surface area contributed by atoms with Crippen molar-refractivity contribution in [3.05, 3.63) is 40.1 Å². The van der Waals surface area contributed by atoms with E-state index in [0.717, 1.165) is 21.9 Å². The smallest absolute Gasteiger partial charge is 0.101 e. The van der Waals surface area contributed by atoms with Gasteiger partial charge in [0.05, 0.1) is 3.70 Å². The van der Waals surface area contributed by atoms with Gasteiger partial charge in [-0.25, -0.2) is 0 Å². The number of nitrogens with two attached hydrogens (primary N) is 1. The molecule has 0 atom stereocenters. The molecular weight excluding hydrogens is 387 g/mol. The molecule has 5 N–H and O–H groups in total. The molecule has 0 fully saturated rings. The van der Waals surface area contributed by atoms with E-state index >= 15 is 0 Å². The van der Waals surface area contributed by atoms with Crippen molar-refractivity contribution in [1.29, 1.82) is 0 Å². The summed E-state index contributed by atoms with van der Waals surface area (Å²) in [4.78, 5) is 10.2. The van der Waals surface area contributed by atoms with Crippen LogP contribution in [0.5, 0.6) is 0 Å². The van der Waals surface area contributed by atoms with Crippen LogP contribution in [0.4, 0.5) is 5.82 Å². The van der Waals surface area contributed by atoms with E-state index < -0.39 is 0 Å². The zero-order chi connectivity index (χ0) is 14.8. The Hall–Kier alpha value is -2.28. The Morgan fingerprint density at radius 2 is 1.36 bits per heavy atom. The number of anilines is 1. The first-order valence-electron chi connectivity index (χ1n) is 6.96. The number of H-pyrrole nitrogens is 3. The average molecular weight is 400 g/mol. The number of nitrogen functional groups attached to an aromatic ring is 1. The number of hydrogen-bond donors (Lipinski definition) is 4. The Bertz CT molecular complexity index is 1210. The lowest BCUT2D eigenvalue weighted by Gasteiger charge is -1.94. The normalized spacial score (nSPS) is 12.2. The number of rotatable bonds is 1. The standard InChI is InChI=1S/C17H13IN4/c1-18-16-4-8-2-10-11-3-9-5-17(19)22-13(9)7-15(11)20-14(10)6-12(8)21-16/h2-7,20-22H,1,19H2. The van der Waals surface area contributed by atoms with Crippen LogP contribution < -0.4 is 5.73 Å². The highest BCUT2D eigenvalue weighted by Crippen LogP contribution is 2.33. The molecule has 5 rings (SSSR count). The van der Waals surface area contributed by atoms with Crippen molar-refractivity contribution in [1.82, 2.24) is 15.0 Å².